The first-order valence-electron chi connectivity index (χ1n) is 8.83. The Morgan fingerprint density at radius 1 is 1.19 bits per heavy atom. The topological polar surface area (TPSA) is 79.4 Å². The predicted octanol–water partition coefficient (Wildman–Crippen LogP) is 1.63. The molecule has 2 aromatic rings. The number of ether oxygens (including phenoxy) is 1. The SMILES string of the molecule is CNc1ncc(C(=O)NC[C@@H](c2ccc(C)cc2)N2CCOCC2)cn1. The fourth-order valence-electron chi connectivity index (χ4n) is 3.00. The minimum atomic E-state index is -0.168. The third-order valence-corrected chi connectivity index (χ3v) is 4.54. The number of hydrogen-bond acceptors (Lipinski definition) is 6. The Morgan fingerprint density at radius 3 is 2.46 bits per heavy atom. The maximum Gasteiger partial charge on any atom is 0.254 e. The fourth-order valence-corrected chi connectivity index (χ4v) is 3.00. The van der Waals surface area contributed by atoms with Crippen molar-refractivity contribution in [3.8, 4) is 0 Å². The molecule has 138 valence electrons. The van der Waals surface area contributed by atoms with Gasteiger partial charge < -0.3 is 15.4 Å². The van der Waals surface area contributed by atoms with Gasteiger partial charge >= 0.3 is 0 Å². The molecule has 1 aliphatic rings. The molecule has 3 rings (SSSR count). The number of aromatic nitrogens is 2. The smallest absolute Gasteiger partial charge is 0.254 e. The molecule has 1 aromatic carbocycles. The number of aryl methyl sites for hydroxylation is 1. The lowest BCUT2D eigenvalue weighted by Gasteiger charge is -2.35. The van der Waals surface area contributed by atoms with Crippen LogP contribution in [0.25, 0.3) is 0 Å². The number of benzene rings is 1. The largest absolute Gasteiger partial charge is 0.379 e. The Hall–Kier alpha value is -2.51. The van der Waals surface area contributed by atoms with Gasteiger partial charge in [0.1, 0.15) is 0 Å². The molecule has 26 heavy (non-hydrogen) atoms. The van der Waals surface area contributed by atoms with Gasteiger partial charge in [-0.15, -0.1) is 0 Å². The second-order valence-electron chi connectivity index (χ2n) is 6.33. The van der Waals surface area contributed by atoms with E-state index in [1.807, 2.05) is 0 Å². The summed E-state index contributed by atoms with van der Waals surface area (Å²) < 4.78 is 5.47. The van der Waals surface area contributed by atoms with Crippen molar-refractivity contribution in [2.45, 2.75) is 13.0 Å². The average Bonchev–Trinajstić information content (AvgIpc) is 2.70. The second kappa shape index (κ2) is 8.73. The summed E-state index contributed by atoms with van der Waals surface area (Å²) in [6, 6.07) is 8.59. The van der Waals surface area contributed by atoms with E-state index in [1.54, 1.807) is 7.05 Å². The summed E-state index contributed by atoms with van der Waals surface area (Å²) in [7, 11) is 1.74. The molecule has 0 radical (unpaired) electrons. The molecule has 1 aromatic heterocycles. The van der Waals surface area contributed by atoms with E-state index >= 15 is 0 Å². The minimum Gasteiger partial charge on any atom is -0.379 e. The lowest BCUT2D eigenvalue weighted by Crippen LogP contribution is -2.43. The molecule has 1 amide bonds. The lowest BCUT2D eigenvalue weighted by atomic mass is 10.0. The highest BCUT2D eigenvalue weighted by Crippen LogP contribution is 2.22. The predicted molar refractivity (Wildman–Crippen MR) is 100 cm³/mol. The molecule has 2 N–H and O–H groups in total. The van der Waals surface area contributed by atoms with Crippen molar-refractivity contribution in [1.29, 1.82) is 0 Å². The molecular formula is C19H25N5O2. The molecule has 0 spiro atoms. The number of amides is 1. The van der Waals surface area contributed by atoms with Crippen LogP contribution >= 0.6 is 0 Å². The second-order valence-corrected chi connectivity index (χ2v) is 6.33. The van der Waals surface area contributed by atoms with E-state index in [-0.39, 0.29) is 11.9 Å². The summed E-state index contributed by atoms with van der Waals surface area (Å²) in [5.41, 5.74) is 2.87. The standard InChI is InChI=1S/C19H25N5O2/c1-14-3-5-15(6-4-14)17(24-7-9-26-10-8-24)13-21-18(25)16-11-22-19(20-2)23-12-16/h3-6,11-12,17H,7-10,13H2,1-2H3,(H,21,25)(H,20,22,23)/t17-/m0/s1. The molecule has 1 aliphatic heterocycles. The van der Waals surface area contributed by atoms with Crippen LogP contribution in [-0.2, 0) is 4.74 Å². The zero-order chi connectivity index (χ0) is 18.4. The van der Waals surface area contributed by atoms with E-state index in [2.05, 4.69) is 56.7 Å². The number of anilines is 1. The maximum atomic E-state index is 12.5. The third kappa shape index (κ3) is 4.56. The summed E-state index contributed by atoms with van der Waals surface area (Å²) in [6.45, 7) is 5.74. The normalized spacial score (nSPS) is 16.1. The van der Waals surface area contributed by atoms with Crippen molar-refractivity contribution < 1.29 is 9.53 Å². The van der Waals surface area contributed by atoms with Crippen LogP contribution in [0.4, 0.5) is 5.95 Å². The average molecular weight is 355 g/mol. The maximum absolute atomic E-state index is 12.5. The van der Waals surface area contributed by atoms with E-state index in [4.69, 9.17) is 4.74 Å². The highest BCUT2D eigenvalue weighted by molar-refractivity contribution is 5.93. The van der Waals surface area contributed by atoms with Crippen LogP contribution in [0, 0.1) is 6.92 Å². The van der Waals surface area contributed by atoms with Crippen molar-refractivity contribution in [2.24, 2.45) is 0 Å². The van der Waals surface area contributed by atoms with Crippen molar-refractivity contribution in [1.82, 2.24) is 20.2 Å². The zero-order valence-electron chi connectivity index (χ0n) is 15.2. The molecule has 7 heteroatoms. The van der Waals surface area contributed by atoms with Gasteiger partial charge in [0.15, 0.2) is 0 Å². The van der Waals surface area contributed by atoms with Gasteiger partial charge in [-0.25, -0.2) is 9.97 Å². The van der Waals surface area contributed by atoms with Crippen molar-refractivity contribution in [3.05, 3.63) is 53.3 Å². The molecule has 1 atom stereocenters. The van der Waals surface area contributed by atoms with E-state index in [0.717, 1.165) is 26.3 Å². The molecule has 1 fully saturated rings. The number of hydrogen-bond donors (Lipinski definition) is 2. The number of morpholine rings is 1. The van der Waals surface area contributed by atoms with Gasteiger partial charge in [0.05, 0.1) is 24.8 Å². The van der Waals surface area contributed by atoms with Crippen LogP contribution in [0.15, 0.2) is 36.7 Å². The molecule has 2 heterocycles. The molecule has 0 bridgehead atoms. The van der Waals surface area contributed by atoms with Gasteiger partial charge in [-0.3, -0.25) is 9.69 Å². The van der Waals surface area contributed by atoms with Crippen molar-refractivity contribution >= 4 is 11.9 Å². The first kappa shape index (κ1) is 18.3. The zero-order valence-corrected chi connectivity index (χ0v) is 15.2. The van der Waals surface area contributed by atoms with Crippen molar-refractivity contribution in [3.63, 3.8) is 0 Å². The molecule has 7 nitrogen and oxygen atoms in total. The van der Waals surface area contributed by atoms with E-state index in [9.17, 15) is 4.79 Å². The first-order valence-corrected chi connectivity index (χ1v) is 8.83. The van der Waals surface area contributed by atoms with Gasteiger partial charge in [0.25, 0.3) is 5.91 Å². The van der Waals surface area contributed by atoms with E-state index < -0.39 is 0 Å². The van der Waals surface area contributed by atoms with Gasteiger partial charge in [-0.2, -0.15) is 0 Å². The summed E-state index contributed by atoms with van der Waals surface area (Å²) in [4.78, 5) is 23.0. The van der Waals surface area contributed by atoms with Crippen molar-refractivity contribution in [2.75, 3.05) is 45.2 Å². The minimum absolute atomic E-state index is 0.112. The van der Waals surface area contributed by atoms with Gasteiger partial charge in [0.2, 0.25) is 5.95 Å². The summed E-state index contributed by atoms with van der Waals surface area (Å²) >= 11 is 0. The summed E-state index contributed by atoms with van der Waals surface area (Å²) in [5.74, 6) is 0.324. The first-order chi connectivity index (χ1) is 12.7. The lowest BCUT2D eigenvalue weighted by molar-refractivity contribution is 0.0162. The van der Waals surface area contributed by atoms with Gasteiger partial charge in [0, 0.05) is 39.1 Å². The monoisotopic (exact) mass is 355 g/mol. The van der Waals surface area contributed by atoms with Crippen LogP contribution < -0.4 is 10.6 Å². The Morgan fingerprint density at radius 2 is 1.85 bits per heavy atom. The number of rotatable bonds is 6. The fraction of sp³-hybridized carbons (Fsp3) is 0.421. The van der Waals surface area contributed by atoms with Crippen LogP contribution in [0.5, 0.6) is 0 Å². The van der Waals surface area contributed by atoms with Crippen LogP contribution in [0.3, 0.4) is 0 Å². The van der Waals surface area contributed by atoms with Crippen LogP contribution in [-0.4, -0.2) is 60.7 Å². The Labute approximate surface area is 153 Å². The number of carbonyl (C=O) groups excluding carboxylic acids is 1. The Bertz CT molecular complexity index is 712. The number of carbonyl (C=O) groups is 1. The Balaban J connectivity index is 1.70. The molecule has 1 saturated heterocycles. The molecule has 0 unspecified atom stereocenters. The van der Waals surface area contributed by atoms with E-state index in [0.29, 0.717) is 18.1 Å². The molecule has 0 aliphatic carbocycles. The summed E-state index contributed by atoms with van der Waals surface area (Å²) in [5, 5.41) is 5.87. The number of nitrogens with one attached hydrogen (secondary N) is 2. The third-order valence-electron chi connectivity index (χ3n) is 4.54. The van der Waals surface area contributed by atoms with Gasteiger partial charge in [-0.05, 0) is 12.5 Å². The molecular weight excluding hydrogens is 330 g/mol. The highest BCUT2D eigenvalue weighted by Gasteiger charge is 2.23. The van der Waals surface area contributed by atoms with Crippen LogP contribution in [0.1, 0.15) is 27.5 Å². The van der Waals surface area contributed by atoms with E-state index in [1.165, 1.54) is 23.5 Å². The Kier molecular flexibility index (Phi) is 6.14. The van der Waals surface area contributed by atoms with Crippen LogP contribution in [0.2, 0.25) is 0 Å². The highest BCUT2D eigenvalue weighted by atomic mass is 16.5. The van der Waals surface area contributed by atoms with Gasteiger partial charge in [-0.1, -0.05) is 29.8 Å². The summed E-state index contributed by atoms with van der Waals surface area (Å²) in [6.07, 6.45) is 3.06. The molecule has 0 saturated carbocycles. The quantitative estimate of drug-likeness (QED) is 0.820. The number of nitrogens with zero attached hydrogens (tertiary/aromatic N) is 3.